The molecule has 0 amide bonds. The minimum Gasteiger partial charge on any atom is -0.283 e. The predicted molar refractivity (Wildman–Crippen MR) is 93.7 cm³/mol. The summed E-state index contributed by atoms with van der Waals surface area (Å²) in [6, 6.07) is 12.6. The van der Waals surface area contributed by atoms with Gasteiger partial charge < -0.3 is 0 Å². The van der Waals surface area contributed by atoms with E-state index in [1.54, 1.807) is 41.2 Å². The van der Waals surface area contributed by atoms with E-state index in [1.165, 1.54) is 4.68 Å². The molecule has 120 valence electrons. The lowest BCUT2D eigenvalue weighted by molar-refractivity contribution is 0.618. The van der Waals surface area contributed by atoms with Crippen LogP contribution in [-0.4, -0.2) is 14.3 Å². The number of rotatable bonds is 3. The van der Waals surface area contributed by atoms with Gasteiger partial charge in [-0.1, -0.05) is 12.1 Å². The van der Waals surface area contributed by atoms with Crippen LogP contribution in [0.1, 0.15) is 11.3 Å². The van der Waals surface area contributed by atoms with Gasteiger partial charge in [0.05, 0.1) is 17.2 Å². The van der Waals surface area contributed by atoms with Crippen LogP contribution < -0.4 is 10.7 Å². The molecule has 2 N–H and O–H groups in total. The summed E-state index contributed by atoms with van der Waals surface area (Å²) in [7, 11) is 1.82. The summed E-state index contributed by atoms with van der Waals surface area (Å²) in [6.07, 6.45) is 1.64. The molecule has 7 heteroatoms. The second-order valence-electron chi connectivity index (χ2n) is 5.26. The van der Waals surface area contributed by atoms with Crippen LogP contribution in [0.2, 0.25) is 0 Å². The Balaban J connectivity index is 2.16. The van der Waals surface area contributed by atoms with Crippen molar-refractivity contribution in [3.63, 3.8) is 0 Å². The molecule has 2 aromatic heterocycles. The Morgan fingerprint density at radius 3 is 2.46 bits per heavy atom. The highest BCUT2D eigenvalue weighted by atomic mass is 32.2. The third-order valence-electron chi connectivity index (χ3n) is 3.93. The van der Waals surface area contributed by atoms with E-state index in [2.05, 4.69) is 11.1 Å². The van der Waals surface area contributed by atoms with Crippen molar-refractivity contribution in [2.24, 2.45) is 12.2 Å². The van der Waals surface area contributed by atoms with E-state index >= 15 is 0 Å². The molecular weight excluding hydrogens is 322 g/mol. The minimum absolute atomic E-state index is 0.152. The van der Waals surface area contributed by atoms with Crippen LogP contribution in [0.3, 0.4) is 0 Å². The smallest absolute Gasteiger partial charge is 0.280 e. The molecular formula is C17H15N5OS. The van der Waals surface area contributed by atoms with E-state index in [0.717, 1.165) is 28.1 Å². The molecule has 1 aromatic carbocycles. The summed E-state index contributed by atoms with van der Waals surface area (Å²) in [5.41, 5.74) is 2.61. The number of hydrogen-bond acceptors (Lipinski definition) is 5. The zero-order valence-electron chi connectivity index (χ0n) is 13.2. The van der Waals surface area contributed by atoms with Gasteiger partial charge in [-0.15, -0.1) is 0 Å². The van der Waals surface area contributed by atoms with Crippen molar-refractivity contribution < 1.29 is 0 Å². The number of hydrogen-bond donors (Lipinski definition) is 1. The van der Waals surface area contributed by atoms with Crippen LogP contribution in [0.15, 0.2) is 52.3 Å². The predicted octanol–water partition coefficient (Wildman–Crippen LogP) is 2.38. The number of pyridine rings is 1. The SMILES string of the molecule is Cc1c(-c2ccc(C#N)cc2)c(=O)n(-c2ccc(SN)cn2)n1C. The van der Waals surface area contributed by atoms with Crippen LogP contribution in [-0.2, 0) is 7.05 Å². The van der Waals surface area contributed by atoms with Gasteiger partial charge in [-0.2, -0.15) is 9.94 Å². The number of nitriles is 1. The average molecular weight is 337 g/mol. The van der Waals surface area contributed by atoms with Crippen molar-refractivity contribution in [2.75, 3.05) is 0 Å². The highest BCUT2D eigenvalue weighted by Crippen LogP contribution is 2.22. The standard InChI is InChI=1S/C17H15N5OS/c1-11-16(13-5-3-12(9-18)4-6-13)17(23)22(21(11)2)15-8-7-14(24-19)10-20-15/h3-8,10H,19H2,1-2H3. The minimum atomic E-state index is -0.152. The molecule has 0 fully saturated rings. The fraction of sp³-hybridized carbons (Fsp3) is 0.118. The number of nitrogens with two attached hydrogens (primary N) is 1. The van der Waals surface area contributed by atoms with Gasteiger partial charge in [0.15, 0.2) is 5.82 Å². The monoisotopic (exact) mass is 337 g/mol. The zero-order chi connectivity index (χ0) is 17.3. The van der Waals surface area contributed by atoms with Crippen molar-refractivity contribution in [1.82, 2.24) is 14.3 Å². The summed E-state index contributed by atoms with van der Waals surface area (Å²) in [5, 5.41) is 14.4. The summed E-state index contributed by atoms with van der Waals surface area (Å²) in [5.74, 6) is 0.531. The number of aromatic nitrogens is 3. The molecule has 0 unspecified atom stereocenters. The maximum absolute atomic E-state index is 12.9. The molecule has 0 atom stereocenters. The Bertz CT molecular complexity index is 978. The van der Waals surface area contributed by atoms with E-state index in [-0.39, 0.29) is 5.56 Å². The molecule has 0 saturated heterocycles. The Labute approximate surface area is 143 Å². The fourth-order valence-electron chi connectivity index (χ4n) is 2.58. The van der Waals surface area contributed by atoms with Crippen molar-refractivity contribution in [1.29, 1.82) is 5.26 Å². The van der Waals surface area contributed by atoms with Gasteiger partial charge in [-0.05, 0) is 48.7 Å². The van der Waals surface area contributed by atoms with Gasteiger partial charge in [0.2, 0.25) is 0 Å². The van der Waals surface area contributed by atoms with Crippen molar-refractivity contribution in [3.05, 3.63) is 64.2 Å². The van der Waals surface area contributed by atoms with E-state index in [4.69, 9.17) is 10.4 Å². The van der Waals surface area contributed by atoms with Gasteiger partial charge >= 0.3 is 0 Å². The Morgan fingerprint density at radius 1 is 1.21 bits per heavy atom. The highest BCUT2D eigenvalue weighted by Gasteiger charge is 2.18. The lowest BCUT2D eigenvalue weighted by Gasteiger charge is -2.07. The molecule has 3 aromatic rings. The van der Waals surface area contributed by atoms with Gasteiger partial charge in [-0.3, -0.25) is 14.6 Å². The topological polar surface area (TPSA) is 89.6 Å². The second-order valence-corrected chi connectivity index (χ2v) is 5.97. The summed E-state index contributed by atoms with van der Waals surface area (Å²) < 4.78 is 3.29. The number of nitrogens with zero attached hydrogens (tertiary/aromatic N) is 4. The summed E-state index contributed by atoms with van der Waals surface area (Å²) in [6.45, 7) is 1.88. The Kier molecular flexibility index (Phi) is 4.25. The van der Waals surface area contributed by atoms with E-state index in [1.807, 2.05) is 20.0 Å². The molecule has 0 aliphatic carbocycles. The molecule has 0 aliphatic heterocycles. The van der Waals surface area contributed by atoms with Crippen molar-refractivity contribution in [3.8, 4) is 23.0 Å². The van der Waals surface area contributed by atoms with Crippen LogP contribution in [0, 0.1) is 18.3 Å². The van der Waals surface area contributed by atoms with E-state index in [9.17, 15) is 4.79 Å². The van der Waals surface area contributed by atoms with Gasteiger partial charge in [0, 0.05) is 23.8 Å². The zero-order valence-corrected chi connectivity index (χ0v) is 14.0. The lowest BCUT2D eigenvalue weighted by atomic mass is 10.1. The maximum atomic E-state index is 12.9. The molecule has 24 heavy (non-hydrogen) atoms. The third kappa shape index (κ3) is 2.62. The molecule has 0 saturated carbocycles. The van der Waals surface area contributed by atoms with Crippen LogP contribution in [0.5, 0.6) is 0 Å². The Hall–Kier alpha value is -2.82. The van der Waals surface area contributed by atoms with E-state index in [0.29, 0.717) is 16.9 Å². The normalized spacial score (nSPS) is 10.6. The molecule has 3 rings (SSSR count). The summed E-state index contributed by atoms with van der Waals surface area (Å²) in [4.78, 5) is 18.1. The highest BCUT2D eigenvalue weighted by molar-refractivity contribution is 7.97. The molecule has 0 bridgehead atoms. The first kappa shape index (κ1) is 16.1. The van der Waals surface area contributed by atoms with Crippen molar-refractivity contribution in [2.45, 2.75) is 11.8 Å². The maximum Gasteiger partial charge on any atom is 0.280 e. The van der Waals surface area contributed by atoms with Gasteiger partial charge in [-0.25, -0.2) is 4.98 Å². The van der Waals surface area contributed by atoms with Gasteiger partial charge in [0.1, 0.15) is 0 Å². The largest absolute Gasteiger partial charge is 0.283 e. The second kappa shape index (κ2) is 6.35. The fourth-order valence-corrected chi connectivity index (χ4v) is 2.84. The third-order valence-corrected chi connectivity index (χ3v) is 4.44. The quantitative estimate of drug-likeness (QED) is 0.741. The average Bonchev–Trinajstić information content (AvgIpc) is 2.84. The molecule has 0 spiro atoms. The molecule has 0 radical (unpaired) electrons. The van der Waals surface area contributed by atoms with Gasteiger partial charge in [0.25, 0.3) is 5.56 Å². The van der Waals surface area contributed by atoms with Crippen LogP contribution in [0.25, 0.3) is 16.9 Å². The first-order chi connectivity index (χ1) is 11.6. The molecule has 2 heterocycles. The first-order valence-electron chi connectivity index (χ1n) is 7.19. The van der Waals surface area contributed by atoms with Crippen LogP contribution in [0.4, 0.5) is 0 Å². The van der Waals surface area contributed by atoms with Crippen molar-refractivity contribution >= 4 is 11.9 Å². The number of benzene rings is 1. The first-order valence-corrected chi connectivity index (χ1v) is 8.07. The van der Waals surface area contributed by atoms with Crippen LogP contribution >= 0.6 is 11.9 Å². The molecule has 6 nitrogen and oxygen atoms in total. The lowest BCUT2D eigenvalue weighted by Crippen LogP contribution is -2.21. The Morgan fingerprint density at radius 2 is 1.92 bits per heavy atom. The summed E-state index contributed by atoms with van der Waals surface area (Å²) >= 11 is 1.11. The molecule has 0 aliphatic rings. The van der Waals surface area contributed by atoms with E-state index < -0.39 is 0 Å².